The molecular weight excluding hydrogens is 270 g/mol. The lowest BCUT2D eigenvalue weighted by atomic mass is 10.1. The summed E-state index contributed by atoms with van der Waals surface area (Å²) >= 11 is 0. The van der Waals surface area contributed by atoms with E-state index in [0.717, 1.165) is 5.39 Å². The van der Waals surface area contributed by atoms with Gasteiger partial charge in [0, 0.05) is 5.39 Å². The molecule has 0 atom stereocenters. The van der Waals surface area contributed by atoms with Crippen molar-refractivity contribution in [2.45, 2.75) is 13.5 Å². The largest absolute Gasteiger partial charge is 0.384 e. The van der Waals surface area contributed by atoms with E-state index >= 15 is 0 Å². The number of pyridine rings is 1. The maximum Gasteiger partial charge on any atom is 0.252 e. The summed E-state index contributed by atoms with van der Waals surface area (Å²) in [6.07, 6.45) is 0. The van der Waals surface area contributed by atoms with Crippen LogP contribution in [0.4, 0.5) is 5.82 Å². The lowest BCUT2D eigenvalue weighted by molar-refractivity contribution is 0.0948. The summed E-state index contributed by atoms with van der Waals surface area (Å²) < 4.78 is 4.95. The van der Waals surface area contributed by atoms with E-state index in [-0.39, 0.29) is 12.5 Å². The minimum Gasteiger partial charge on any atom is -0.384 e. The molecule has 3 rings (SSSR count). The van der Waals surface area contributed by atoms with E-state index in [2.05, 4.69) is 20.4 Å². The number of carbonyl (C=O) groups excluding carboxylic acids is 1. The van der Waals surface area contributed by atoms with Crippen LogP contribution in [-0.4, -0.2) is 21.0 Å². The Morgan fingerprint density at radius 3 is 2.90 bits per heavy atom. The lowest BCUT2D eigenvalue weighted by Gasteiger charge is -2.07. The SMILES string of the molecule is Cc1noc(CNC(=O)c2cc(N)nc3ccccc23)n1. The van der Waals surface area contributed by atoms with Gasteiger partial charge in [-0.2, -0.15) is 4.98 Å². The molecule has 0 spiro atoms. The zero-order chi connectivity index (χ0) is 14.8. The molecule has 3 aromatic rings. The van der Waals surface area contributed by atoms with Crippen molar-refractivity contribution >= 4 is 22.6 Å². The Kier molecular flexibility index (Phi) is 3.23. The van der Waals surface area contributed by atoms with Crippen molar-refractivity contribution in [2.24, 2.45) is 0 Å². The molecule has 0 aliphatic rings. The zero-order valence-electron chi connectivity index (χ0n) is 11.3. The van der Waals surface area contributed by atoms with E-state index in [1.165, 1.54) is 0 Å². The van der Waals surface area contributed by atoms with Gasteiger partial charge in [-0.1, -0.05) is 23.4 Å². The van der Waals surface area contributed by atoms with Gasteiger partial charge in [0.25, 0.3) is 5.91 Å². The molecule has 0 fully saturated rings. The molecule has 7 heteroatoms. The molecule has 106 valence electrons. The number of nitrogens with one attached hydrogen (secondary N) is 1. The van der Waals surface area contributed by atoms with Gasteiger partial charge in [-0.3, -0.25) is 4.79 Å². The second kappa shape index (κ2) is 5.20. The third-order valence-electron chi connectivity index (χ3n) is 2.95. The Morgan fingerprint density at radius 1 is 1.33 bits per heavy atom. The average Bonchev–Trinajstić information content (AvgIpc) is 2.89. The van der Waals surface area contributed by atoms with E-state index in [4.69, 9.17) is 10.3 Å². The van der Waals surface area contributed by atoms with Crippen LogP contribution in [0.2, 0.25) is 0 Å². The molecule has 0 saturated heterocycles. The molecule has 0 aliphatic heterocycles. The van der Waals surface area contributed by atoms with Crippen LogP contribution < -0.4 is 11.1 Å². The summed E-state index contributed by atoms with van der Waals surface area (Å²) in [5.74, 6) is 0.911. The summed E-state index contributed by atoms with van der Waals surface area (Å²) in [5.41, 5.74) is 6.89. The lowest BCUT2D eigenvalue weighted by Crippen LogP contribution is -2.23. The number of benzene rings is 1. The first-order chi connectivity index (χ1) is 10.1. The van der Waals surface area contributed by atoms with Crippen LogP contribution in [0.1, 0.15) is 22.1 Å². The number of aryl methyl sites for hydroxylation is 1. The second-order valence-corrected chi connectivity index (χ2v) is 4.53. The smallest absolute Gasteiger partial charge is 0.252 e. The van der Waals surface area contributed by atoms with Crippen molar-refractivity contribution in [2.75, 3.05) is 5.73 Å². The third-order valence-corrected chi connectivity index (χ3v) is 2.95. The first-order valence-electron chi connectivity index (χ1n) is 6.36. The Balaban J connectivity index is 1.87. The van der Waals surface area contributed by atoms with Crippen LogP contribution in [0.3, 0.4) is 0 Å². The maximum absolute atomic E-state index is 12.3. The minimum absolute atomic E-state index is 0.163. The van der Waals surface area contributed by atoms with Crippen molar-refractivity contribution in [3.05, 3.63) is 47.6 Å². The third kappa shape index (κ3) is 2.66. The molecule has 7 nitrogen and oxygen atoms in total. The minimum atomic E-state index is -0.267. The molecule has 1 aromatic carbocycles. The molecule has 2 aromatic heterocycles. The van der Waals surface area contributed by atoms with E-state index < -0.39 is 0 Å². The first kappa shape index (κ1) is 13.0. The summed E-state index contributed by atoms with van der Waals surface area (Å²) in [6.45, 7) is 1.88. The zero-order valence-corrected chi connectivity index (χ0v) is 11.3. The van der Waals surface area contributed by atoms with Crippen LogP contribution in [-0.2, 0) is 6.54 Å². The van der Waals surface area contributed by atoms with Crippen LogP contribution in [0.15, 0.2) is 34.9 Å². The van der Waals surface area contributed by atoms with Gasteiger partial charge < -0.3 is 15.6 Å². The van der Waals surface area contributed by atoms with Crippen LogP contribution in [0.25, 0.3) is 10.9 Å². The fourth-order valence-electron chi connectivity index (χ4n) is 2.05. The number of rotatable bonds is 3. The number of nitrogen functional groups attached to an aromatic ring is 1. The predicted molar refractivity (Wildman–Crippen MR) is 76.4 cm³/mol. The highest BCUT2D eigenvalue weighted by Crippen LogP contribution is 2.19. The molecule has 2 heterocycles. The van der Waals surface area contributed by atoms with Crippen molar-refractivity contribution < 1.29 is 9.32 Å². The first-order valence-corrected chi connectivity index (χ1v) is 6.36. The number of amides is 1. The van der Waals surface area contributed by atoms with Crippen molar-refractivity contribution in [3.8, 4) is 0 Å². The molecule has 3 N–H and O–H groups in total. The van der Waals surface area contributed by atoms with Crippen molar-refractivity contribution in [1.29, 1.82) is 0 Å². The van der Waals surface area contributed by atoms with Gasteiger partial charge >= 0.3 is 0 Å². The summed E-state index contributed by atoms with van der Waals surface area (Å²) in [4.78, 5) is 20.5. The number of carbonyl (C=O) groups is 1. The Bertz CT molecular complexity index is 812. The maximum atomic E-state index is 12.3. The number of hydrogen-bond donors (Lipinski definition) is 2. The van der Waals surface area contributed by atoms with Gasteiger partial charge in [-0.05, 0) is 19.1 Å². The Hall–Kier alpha value is -2.96. The molecule has 0 unspecified atom stereocenters. The van der Waals surface area contributed by atoms with Gasteiger partial charge in [-0.25, -0.2) is 4.98 Å². The van der Waals surface area contributed by atoms with Gasteiger partial charge in [-0.15, -0.1) is 0 Å². The fraction of sp³-hybridized carbons (Fsp3) is 0.143. The molecule has 1 amide bonds. The average molecular weight is 283 g/mol. The number of nitrogens with two attached hydrogens (primary N) is 1. The highest BCUT2D eigenvalue weighted by atomic mass is 16.5. The van der Waals surface area contributed by atoms with Gasteiger partial charge in [0.2, 0.25) is 5.89 Å². The number of aromatic nitrogens is 3. The number of fused-ring (bicyclic) bond motifs is 1. The van der Waals surface area contributed by atoms with Crippen LogP contribution >= 0.6 is 0 Å². The molecule has 0 aliphatic carbocycles. The summed E-state index contributed by atoms with van der Waals surface area (Å²) in [5, 5.41) is 7.13. The van der Waals surface area contributed by atoms with Crippen LogP contribution in [0, 0.1) is 6.92 Å². The highest BCUT2D eigenvalue weighted by molar-refractivity contribution is 6.06. The van der Waals surface area contributed by atoms with Crippen LogP contribution in [0.5, 0.6) is 0 Å². The Labute approximate surface area is 120 Å². The highest BCUT2D eigenvalue weighted by Gasteiger charge is 2.13. The summed E-state index contributed by atoms with van der Waals surface area (Å²) in [7, 11) is 0. The monoisotopic (exact) mass is 283 g/mol. The topological polar surface area (TPSA) is 107 Å². The standard InChI is InChI=1S/C14H13N5O2/c1-8-17-13(21-19-8)7-16-14(20)10-6-12(15)18-11-5-3-2-4-9(10)11/h2-6H,7H2,1H3,(H2,15,18)(H,16,20). The summed E-state index contributed by atoms with van der Waals surface area (Å²) in [6, 6.07) is 8.88. The molecular formula is C14H13N5O2. The Morgan fingerprint density at radius 2 is 2.14 bits per heavy atom. The predicted octanol–water partition coefficient (Wildman–Crippen LogP) is 1.44. The normalized spacial score (nSPS) is 10.7. The quantitative estimate of drug-likeness (QED) is 0.753. The molecule has 21 heavy (non-hydrogen) atoms. The molecule has 0 bridgehead atoms. The van der Waals surface area contributed by atoms with Crippen molar-refractivity contribution in [1.82, 2.24) is 20.4 Å². The molecule has 0 radical (unpaired) electrons. The number of anilines is 1. The van der Waals surface area contributed by atoms with Gasteiger partial charge in [0.15, 0.2) is 5.82 Å². The van der Waals surface area contributed by atoms with E-state index in [9.17, 15) is 4.79 Å². The van der Waals surface area contributed by atoms with Gasteiger partial charge in [0.1, 0.15) is 5.82 Å². The molecule has 0 saturated carbocycles. The van der Waals surface area contributed by atoms with Gasteiger partial charge in [0.05, 0.1) is 17.6 Å². The second-order valence-electron chi connectivity index (χ2n) is 4.53. The van der Waals surface area contributed by atoms with E-state index in [1.54, 1.807) is 13.0 Å². The number of nitrogens with zero attached hydrogens (tertiary/aromatic N) is 3. The van der Waals surface area contributed by atoms with Crippen molar-refractivity contribution in [3.63, 3.8) is 0 Å². The number of para-hydroxylation sites is 1. The fourth-order valence-corrected chi connectivity index (χ4v) is 2.05. The van der Waals surface area contributed by atoms with E-state index in [1.807, 2.05) is 24.3 Å². The number of hydrogen-bond acceptors (Lipinski definition) is 6. The van der Waals surface area contributed by atoms with E-state index in [0.29, 0.717) is 28.6 Å².